The summed E-state index contributed by atoms with van der Waals surface area (Å²) in [5.74, 6) is 0. The molecule has 0 aliphatic heterocycles. The lowest BCUT2D eigenvalue weighted by atomic mass is 10.2. The Labute approximate surface area is 141 Å². The molecule has 0 radical (unpaired) electrons. The van der Waals surface area contributed by atoms with Gasteiger partial charge in [-0.2, -0.15) is 0 Å². The highest BCUT2D eigenvalue weighted by Gasteiger charge is 2.24. The molecule has 0 unspecified atom stereocenters. The van der Waals surface area contributed by atoms with Crippen molar-refractivity contribution in [2.45, 2.75) is 18.7 Å². The lowest BCUT2D eigenvalue weighted by molar-refractivity contribution is 0.600. The maximum absolute atomic E-state index is 12.6. The Kier molecular flexibility index (Phi) is 4.82. The minimum atomic E-state index is -3.88. The Bertz CT molecular complexity index is 784. The maximum atomic E-state index is 12.6. The second kappa shape index (κ2) is 6.12. The molecule has 8 heteroatoms. The molecule has 0 aliphatic carbocycles. The van der Waals surface area contributed by atoms with Gasteiger partial charge >= 0.3 is 0 Å². The first-order valence-electron chi connectivity index (χ1n) is 5.82. The van der Waals surface area contributed by atoms with Crippen LogP contribution in [0.4, 0.5) is 5.69 Å². The van der Waals surface area contributed by atoms with Crippen molar-refractivity contribution >= 4 is 54.8 Å². The summed E-state index contributed by atoms with van der Waals surface area (Å²) in [6.45, 7) is 3.31. The van der Waals surface area contributed by atoms with Gasteiger partial charge in [0.05, 0.1) is 10.7 Å². The number of pyridine rings is 1. The fourth-order valence-electron chi connectivity index (χ4n) is 1.79. The Morgan fingerprint density at radius 3 is 2.57 bits per heavy atom. The minimum Gasteiger partial charge on any atom is -0.277 e. The third kappa shape index (κ3) is 3.34. The summed E-state index contributed by atoms with van der Waals surface area (Å²) in [6, 6.07) is 4.85. The summed E-state index contributed by atoms with van der Waals surface area (Å²) in [5, 5.41) is 0.506. The van der Waals surface area contributed by atoms with Crippen LogP contribution in [-0.2, 0) is 10.0 Å². The number of rotatable bonds is 3. The summed E-state index contributed by atoms with van der Waals surface area (Å²) in [6.07, 6.45) is 1.55. The average molecular weight is 410 g/mol. The monoisotopic (exact) mass is 408 g/mol. The van der Waals surface area contributed by atoms with Crippen LogP contribution in [-0.4, -0.2) is 13.4 Å². The molecule has 2 aromatic rings. The molecule has 1 N–H and O–H groups in total. The molecule has 1 aromatic carbocycles. The van der Waals surface area contributed by atoms with E-state index in [0.29, 0.717) is 26.4 Å². The molecule has 0 amide bonds. The van der Waals surface area contributed by atoms with E-state index in [0.717, 1.165) is 0 Å². The smallest absolute Gasteiger partial charge is 0.263 e. The largest absolute Gasteiger partial charge is 0.277 e. The van der Waals surface area contributed by atoms with Gasteiger partial charge in [-0.05, 0) is 59.1 Å². The molecule has 2 rings (SSSR count). The number of aromatic nitrogens is 1. The molecule has 1 heterocycles. The molecule has 0 saturated heterocycles. The van der Waals surface area contributed by atoms with Gasteiger partial charge in [-0.25, -0.2) is 13.4 Å². The van der Waals surface area contributed by atoms with Crippen LogP contribution in [0.1, 0.15) is 11.1 Å². The zero-order chi connectivity index (χ0) is 15.8. The van der Waals surface area contributed by atoms with Gasteiger partial charge < -0.3 is 0 Å². The van der Waals surface area contributed by atoms with Crippen LogP contribution < -0.4 is 4.72 Å². The van der Waals surface area contributed by atoms with E-state index in [1.165, 1.54) is 0 Å². The first-order valence-corrected chi connectivity index (χ1v) is 8.86. The minimum absolute atomic E-state index is 0.0232. The van der Waals surface area contributed by atoms with Crippen LogP contribution >= 0.6 is 39.1 Å². The third-order valence-electron chi connectivity index (χ3n) is 2.86. The van der Waals surface area contributed by atoms with Crippen LogP contribution in [0.25, 0.3) is 0 Å². The highest BCUT2D eigenvalue weighted by Crippen LogP contribution is 2.34. The predicted octanol–water partition coefficient (Wildman–Crippen LogP) is 4.57. The second-order valence-electron chi connectivity index (χ2n) is 4.39. The van der Waals surface area contributed by atoms with Crippen LogP contribution in [0.2, 0.25) is 10.0 Å². The van der Waals surface area contributed by atoms with Crippen molar-refractivity contribution in [3.05, 3.63) is 50.2 Å². The molecule has 1 aromatic heterocycles. The molecule has 0 fully saturated rings. The Morgan fingerprint density at radius 1 is 1.29 bits per heavy atom. The molecular weight excluding hydrogens is 399 g/mol. The summed E-state index contributed by atoms with van der Waals surface area (Å²) >= 11 is 15.4. The second-order valence-corrected chi connectivity index (χ2v) is 7.55. The van der Waals surface area contributed by atoms with Crippen molar-refractivity contribution in [1.29, 1.82) is 0 Å². The molecule has 112 valence electrons. The number of hydrogen-bond donors (Lipinski definition) is 1. The Balaban J connectivity index is 2.58. The number of benzene rings is 1. The molecule has 21 heavy (non-hydrogen) atoms. The number of nitrogens with zero attached hydrogens (tertiary/aromatic N) is 1. The zero-order valence-corrected chi connectivity index (χ0v) is 15.0. The van der Waals surface area contributed by atoms with Gasteiger partial charge in [-0.1, -0.05) is 23.2 Å². The van der Waals surface area contributed by atoms with Gasteiger partial charge in [0.25, 0.3) is 10.0 Å². The highest BCUT2D eigenvalue weighted by molar-refractivity contribution is 9.10. The van der Waals surface area contributed by atoms with Crippen LogP contribution in [0.15, 0.2) is 33.9 Å². The number of hydrogen-bond acceptors (Lipinski definition) is 3. The predicted molar refractivity (Wildman–Crippen MR) is 88.7 cm³/mol. The van der Waals surface area contributed by atoms with Gasteiger partial charge in [-0.15, -0.1) is 0 Å². The Morgan fingerprint density at radius 2 is 1.95 bits per heavy atom. The van der Waals surface area contributed by atoms with Gasteiger partial charge in [0, 0.05) is 11.2 Å². The van der Waals surface area contributed by atoms with E-state index < -0.39 is 10.0 Å². The SMILES string of the molecule is Cc1cc(Cl)c(C)c(S(=O)(=O)Nc2cccnc2Br)c1Cl. The van der Waals surface area contributed by atoms with Crippen molar-refractivity contribution < 1.29 is 8.42 Å². The van der Waals surface area contributed by atoms with E-state index in [1.54, 1.807) is 38.2 Å². The molecule has 4 nitrogen and oxygen atoms in total. The molecule has 0 atom stereocenters. The fraction of sp³-hybridized carbons (Fsp3) is 0.154. The quantitative estimate of drug-likeness (QED) is 0.755. The summed E-state index contributed by atoms with van der Waals surface area (Å²) < 4.78 is 28.0. The van der Waals surface area contributed by atoms with Crippen LogP contribution in [0, 0.1) is 13.8 Å². The van der Waals surface area contributed by atoms with Crippen molar-refractivity contribution in [2.75, 3.05) is 4.72 Å². The van der Waals surface area contributed by atoms with Crippen LogP contribution in [0.5, 0.6) is 0 Å². The van der Waals surface area contributed by atoms with Crippen molar-refractivity contribution in [3.63, 3.8) is 0 Å². The highest BCUT2D eigenvalue weighted by atomic mass is 79.9. The van der Waals surface area contributed by atoms with E-state index >= 15 is 0 Å². The third-order valence-corrected chi connectivity index (χ3v) is 6.02. The average Bonchev–Trinajstić information content (AvgIpc) is 2.39. The lowest BCUT2D eigenvalue weighted by Crippen LogP contribution is -2.16. The number of nitrogens with one attached hydrogen (secondary N) is 1. The number of sulfonamides is 1. The van der Waals surface area contributed by atoms with E-state index in [9.17, 15) is 8.42 Å². The van der Waals surface area contributed by atoms with Gasteiger partial charge in [0.15, 0.2) is 0 Å². The maximum Gasteiger partial charge on any atom is 0.263 e. The van der Waals surface area contributed by atoms with Crippen molar-refractivity contribution in [3.8, 4) is 0 Å². The van der Waals surface area contributed by atoms with Gasteiger partial charge in [0.1, 0.15) is 9.50 Å². The van der Waals surface area contributed by atoms with Gasteiger partial charge in [-0.3, -0.25) is 4.72 Å². The van der Waals surface area contributed by atoms with Crippen molar-refractivity contribution in [1.82, 2.24) is 4.98 Å². The number of aryl methyl sites for hydroxylation is 1. The zero-order valence-electron chi connectivity index (χ0n) is 11.1. The fourth-order valence-corrected chi connectivity index (χ4v) is 4.55. The summed E-state index contributed by atoms with van der Waals surface area (Å²) in [4.78, 5) is 3.94. The van der Waals surface area contributed by atoms with Crippen molar-refractivity contribution in [2.24, 2.45) is 0 Å². The molecule has 0 saturated carbocycles. The van der Waals surface area contributed by atoms with E-state index in [-0.39, 0.29) is 9.92 Å². The topological polar surface area (TPSA) is 59.1 Å². The van der Waals surface area contributed by atoms with Gasteiger partial charge in [0.2, 0.25) is 0 Å². The lowest BCUT2D eigenvalue weighted by Gasteiger charge is -2.15. The standard InChI is InChI=1S/C13H11BrCl2N2O2S/c1-7-6-9(15)8(2)12(11(7)16)21(19,20)18-10-4-3-5-17-13(10)14/h3-6,18H,1-2H3. The molecule has 0 spiro atoms. The first-order chi connectivity index (χ1) is 9.74. The molecule has 0 bridgehead atoms. The first kappa shape index (κ1) is 16.5. The van der Waals surface area contributed by atoms with E-state index in [4.69, 9.17) is 23.2 Å². The van der Waals surface area contributed by atoms with E-state index in [1.807, 2.05) is 0 Å². The molecular formula is C13H11BrCl2N2O2S. The van der Waals surface area contributed by atoms with E-state index in [2.05, 4.69) is 25.6 Å². The normalized spacial score (nSPS) is 11.5. The Hall–Kier alpha value is -0.820. The molecule has 0 aliphatic rings. The summed E-state index contributed by atoms with van der Waals surface area (Å²) in [5.41, 5.74) is 1.32. The number of halogens is 3. The summed E-state index contributed by atoms with van der Waals surface area (Å²) in [7, 11) is -3.88. The number of anilines is 1. The van der Waals surface area contributed by atoms with Crippen LogP contribution in [0.3, 0.4) is 0 Å².